The van der Waals surface area contributed by atoms with Crippen LogP contribution in [0.1, 0.15) is 28.8 Å². The van der Waals surface area contributed by atoms with Crippen LogP contribution in [0.5, 0.6) is 0 Å². The Kier molecular flexibility index (Phi) is 3.46. The van der Waals surface area contributed by atoms with Gasteiger partial charge in [-0.2, -0.15) is 0 Å². The molecule has 2 aromatic rings. The minimum Gasteiger partial charge on any atom is -0.325 e. The molecule has 1 aromatic carbocycles. The highest BCUT2D eigenvalue weighted by Gasteiger charge is 2.27. The molecule has 0 bridgehead atoms. The van der Waals surface area contributed by atoms with Crippen molar-refractivity contribution in [2.75, 3.05) is 11.1 Å². The number of rotatable bonds is 4. The summed E-state index contributed by atoms with van der Waals surface area (Å²) in [6, 6.07) is 5.29. The van der Waals surface area contributed by atoms with Crippen molar-refractivity contribution in [2.24, 2.45) is 7.05 Å². The molecule has 1 aromatic heterocycles. The molecule has 21 heavy (non-hydrogen) atoms. The zero-order chi connectivity index (χ0) is 15.0. The Morgan fingerprint density at radius 2 is 2.29 bits per heavy atom. The molecule has 1 atom stereocenters. The van der Waals surface area contributed by atoms with E-state index in [1.165, 1.54) is 16.4 Å². The van der Waals surface area contributed by atoms with Crippen LogP contribution in [0.3, 0.4) is 0 Å². The molecule has 0 unspecified atom stereocenters. The van der Waals surface area contributed by atoms with Gasteiger partial charge in [0.1, 0.15) is 0 Å². The number of benzene rings is 1. The predicted molar refractivity (Wildman–Crippen MR) is 77.3 cm³/mol. The summed E-state index contributed by atoms with van der Waals surface area (Å²) in [4.78, 5) is 23.8. The van der Waals surface area contributed by atoms with Crippen LogP contribution in [0.4, 0.5) is 5.69 Å². The van der Waals surface area contributed by atoms with Crippen molar-refractivity contribution in [3.63, 3.8) is 0 Å². The van der Waals surface area contributed by atoms with Gasteiger partial charge >= 0.3 is 0 Å². The second kappa shape index (κ2) is 5.28. The van der Waals surface area contributed by atoms with Gasteiger partial charge in [0.05, 0.1) is 11.7 Å². The molecule has 0 radical (unpaired) electrons. The number of Topliss-reactive ketones (excluding diaryl/α,β-unsaturated/α-hetero) is 1. The zero-order valence-electron chi connectivity index (χ0n) is 11.5. The summed E-state index contributed by atoms with van der Waals surface area (Å²) in [6.07, 6.45) is 0. The van der Waals surface area contributed by atoms with Gasteiger partial charge < -0.3 is 5.32 Å². The first-order chi connectivity index (χ1) is 10.1. The first-order valence-corrected chi connectivity index (χ1v) is 7.38. The summed E-state index contributed by atoms with van der Waals surface area (Å²) in [6.45, 7) is 1.83. The topological polar surface area (TPSA) is 89.8 Å². The fourth-order valence-electron chi connectivity index (χ4n) is 2.15. The molecule has 0 saturated carbocycles. The van der Waals surface area contributed by atoms with E-state index in [0.717, 1.165) is 11.3 Å². The van der Waals surface area contributed by atoms with E-state index in [1.807, 2.05) is 6.92 Å². The Hall–Kier alpha value is -2.22. The summed E-state index contributed by atoms with van der Waals surface area (Å²) < 4.78 is 1.52. The lowest BCUT2D eigenvalue weighted by Crippen LogP contribution is -2.08. The van der Waals surface area contributed by atoms with Crippen LogP contribution in [0, 0.1) is 0 Å². The van der Waals surface area contributed by atoms with E-state index in [4.69, 9.17) is 0 Å². The Bertz CT molecular complexity index is 727. The molecule has 1 amide bonds. The summed E-state index contributed by atoms with van der Waals surface area (Å²) in [7, 11) is 1.72. The molecule has 1 N–H and O–H groups in total. The summed E-state index contributed by atoms with van der Waals surface area (Å²) >= 11 is 1.29. The van der Waals surface area contributed by atoms with Crippen molar-refractivity contribution in [1.29, 1.82) is 0 Å². The molecule has 8 heteroatoms. The first-order valence-electron chi connectivity index (χ1n) is 6.39. The standard InChI is InChI=1S/C13H13N5O2S/c1-7-9-5-8(3-4-10(9)14-12(7)20)11(19)6-21-13-15-16-17-18(13)2/h3-5,7H,6H2,1-2H3,(H,14,20)/t7-/m0/s1. The quantitative estimate of drug-likeness (QED) is 0.675. The number of aryl methyl sites for hydroxylation is 1. The SMILES string of the molecule is C[C@@H]1C(=O)Nc2ccc(C(=O)CSc3nnnn3C)cc21. The van der Waals surface area contributed by atoms with Crippen LogP contribution < -0.4 is 5.32 Å². The number of hydrogen-bond acceptors (Lipinski definition) is 6. The number of nitrogens with one attached hydrogen (secondary N) is 1. The number of hydrogen-bond donors (Lipinski definition) is 1. The molecule has 108 valence electrons. The van der Waals surface area contributed by atoms with Crippen LogP contribution in [-0.4, -0.2) is 37.7 Å². The van der Waals surface area contributed by atoms with Gasteiger partial charge in [0.25, 0.3) is 0 Å². The van der Waals surface area contributed by atoms with E-state index >= 15 is 0 Å². The van der Waals surface area contributed by atoms with Gasteiger partial charge in [-0.05, 0) is 41.1 Å². The smallest absolute Gasteiger partial charge is 0.231 e. The number of thioether (sulfide) groups is 1. The largest absolute Gasteiger partial charge is 0.325 e. The predicted octanol–water partition coefficient (Wildman–Crippen LogP) is 1.24. The Morgan fingerprint density at radius 1 is 1.48 bits per heavy atom. The average Bonchev–Trinajstić information content (AvgIpc) is 3.01. The third-order valence-electron chi connectivity index (χ3n) is 3.40. The lowest BCUT2D eigenvalue weighted by molar-refractivity contribution is -0.116. The molecular weight excluding hydrogens is 290 g/mol. The van der Waals surface area contributed by atoms with Gasteiger partial charge in [-0.3, -0.25) is 9.59 Å². The monoisotopic (exact) mass is 303 g/mol. The van der Waals surface area contributed by atoms with Crippen molar-refractivity contribution in [3.05, 3.63) is 29.3 Å². The fourth-order valence-corrected chi connectivity index (χ4v) is 2.89. The minimum atomic E-state index is -0.219. The molecule has 1 aliphatic rings. The van der Waals surface area contributed by atoms with E-state index in [1.54, 1.807) is 25.2 Å². The lowest BCUT2D eigenvalue weighted by atomic mass is 9.99. The lowest BCUT2D eigenvalue weighted by Gasteiger charge is -2.05. The van der Waals surface area contributed by atoms with Gasteiger partial charge in [0.2, 0.25) is 11.1 Å². The Balaban J connectivity index is 1.74. The van der Waals surface area contributed by atoms with Gasteiger partial charge in [-0.15, -0.1) is 5.10 Å². The summed E-state index contributed by atoms with van der Waals surface area (Å²) in [5.74, 6) is -0.0159. The van der Waals surface area contributed by atoms with E-state index in [0.29, 0.717) is 10.7 Å². The maximum atomic E-state index is 12.2. The number of nitrogens with zero attached hydrogens (tertiary/aromatic N) is 4. The van der Waals surface area contributed by atoms with E-state index in [-0.39, 0.29) is 23.4 Å². The third kappa shape index (κ3) is 2.54. The number of carbonyl (C=O) groups is 2. The second-order valence-corrected chi connectivity index (χ2v) is 5.75. The number of ketones is 1. The molecule has 7 nitrogen and oxygen atoms in total. The highest BCUT2D eigenvalue weighted by molar-refractivity contribution is 7.99. The van der Waals surface area contributed by atoms with E-state index in [9.17, 15) is 9.59 Å². The first kappa shape index (κ1) is 13.7. The number of carbonyl (C=O) groups excluding carboxylic acids is 2. The second-order valence-electron chi connectivity index (χ2n) is 4.81. The van der Waals surface area contributed by atoms with Crippen LogP contribution in [0.15, 0.2) is 23.4 Å². The van der Waals surface area contributed by atoms with Crippen molar-refractivity contribution < 1.29 is 9.59 Å². The minimum absolute atomic E-state index is 0.0163. The van der Waals surface area contributed by atoms with Crippen molar-refractivity contribution in [1.82, 2.24) is 20.2 Å². The van der Waals surface area contributed by atoms with Gasteiger partial charge in [0.15, 0.2) is 5.78 Å². The number of anilines is 1. The summed E-state index contributed by atoms with van der Waals surface area (Å²) in [5.41, 5.74) is 2.25. The molecule has 0 aliphatic carbocycles. The van der Waals surface area contributed by atoms with E-state index in [2.05, 4.69) is 20.8 Å². The summed E-state index contributed by atoms with van der Waals surface area (Å²) in [5, 5.41) is 14.4. The normalized spacial score (nSPS) is 16.7. The number of aromatic nitrogens is 4. The molecule has 0 fully saturated rings. The van der Waals surface area contributed by atoms with Gasteiger partial charge in [-0.25, -0.2) is 4.68 Å². The highest BCUT2D eigenvalue weighted by atomic mass is 32.2. The van der Waals surface area contributed by atoms with Gasteiger partial charge in [0, 0.05) is 18.3 Å². The Labute approximate surface area is 125 Å². The fraction of sp³-hybridized carbons (Fsp3) is 0.308. The number of amides is 1. The molecule has 2 heterocycles. The molecule has 1 aliphatic heterocycles. The molecular formula is C13H13N5O2S. The van der Waals surface area contributed by atoms with Crippen molar-refractivity contribution in [3.8, 4) is 0 Å². The van der Waals surface area contributed by atoms with Crippen LogP contribution in [0.2, 0.25) is 0 Å². The maximum absolute atomic E-state index is 12.2. The van der Waals surface area contributed by atoms with Crippen LogP contribution in [0.25, 0.3) is 0 Å². The van der Waals surface area contributed by atoms with Crippen molar-refractivity contribution >= 4 is 29.1 Å². The van der Waals surface area contributed by atoms with E-state index < -0.39 is 0 Å². The molecule has 0 spiro atoms. The zero-order valence-corrected chi connectivity index (χ0v) is 12.3. The van der Waals surface area contributed by atoms with Gasteiger partial charge in [-0.1, -0.05) is 11.8 Å². The average molecular weight is 303 g/mol. The molecule has 3 rings (SSSR count). The highest BCUT2D eigenvalue weighted by Crippen LogP contribution is 2.33. The Morgan fingerprint density at radius 3 is 3.00 bits per heavy atom. The van der Waals surface area contributed by atoms with Crippen LogP contribution >= 0.6 is 11.8 Å². The number of tetrazole rings is 1. The van der Waals surface area contributed by atoms with Crippen LogP contribution in [-0.2, 0) is 11.8 Å². The number of fused-ring (bicyclic) bond motifs is 1. The molecule has 0 saturated heterocycles. The van der Waals surface area contributed by atoms with Crippen molar-refractivity contribution in [2.45, 2.75) is 18.0 Å². The maximum Gasteiger partial charge on any atom is 0.231 e. The third-order valence-corrected chi connectivity index (χ3v) is 4.42.